The lowest BCUT2D eigenvalue weighted by Gasteiger charge is -2.29. The second-order valence-corrected chi connectivity index (χ2v) is 32.2. The Morgan fingerprint density at radius 3 is 1.76 bits per heavy atom. The molecule has 2 rings (SSSR count). The fourth-order valence-corrected chi connectivity index (χ4v) is 14.2. The van der Waals surface area contributed by atoms with Gasteiger partial charge in [0.25, 0.3) is 5.08 Å². The largest absolute Gasteiger partial charge is 0.394 e. The third-order valence-corrected chi connectivity index (χ3v) is 21.5. The average Bonchev–Trinajstić information content (AvgIpc) is 1.07. The van der Waals surface area contributed by atoms with Crippen LogP contribution >= 0.6 is 45.1 Å². The SMILES string of the molecule is CC(C)C[C@H](NC(=O)[C@H](C)NC(=O)[C@H](CC(C)C)NC(=O)[C@H](CO)NC(=O)[C@H](CC(C)C)NC(=O)[C@@H]1CCCN1C(=O)[C@@H](N)CSC1CC(=O)N(CCCCCC(=O)NCCCC(O)(P(=O)(O)O)P(=O)(O)O)C1=O)C(=O)NCCCNCCSP(=O)(O)O. The van der Waals surface area contributed by atoms with E-state index in [0.29, 0.717) is 56.6 Å². The van der Waals surface area contributed by atoms with Crippen molar-refractivity contribution in [3.8, 4) is 0 Å². The lowest BCUT2D eigenvalue weighted by Crippen LogP contribution is -2.60. The summed E-state index contributed by atoms with van der Waals surface area (Å²) in [6.45, 7) is 8.11. The van der Waals surface area contributed by atoms with Crippen molar-refractivity contribution in [2.24, 2.45) is 23.5 Å². The van der Waals surface area contributed by atoms with Gasteiger partial charge in [-0.25, -0.2) is 4.57 Å². The molecule has 0 aromatic rings. The molecule has 506 valence electrons. The summed E-state index contributed by atoms with van der Waals surface area (Å²) in [5, 5.41) is 37.0. The number of nitrogens with one attached hydrogen (secondary N) is 8. The highest BCUT2D eigenvalue weighted by Gasteiger charge is 2.58. The average molecular weight is 1350 g/mol. The lowest BCUT2D eigenvalue weighted by molar-refractivity contribution is -0.140. The van der Waals surface area contributed by atoms with Gasteiger partial charge in [-0.15, -0.1) is 11.8 Å². The van der Waals surface area contributed by atoms with Gasteiger partial charge in [0, 0.05) is 63.5 Å². The van der Waals surface area contributed by atoms with E-state index in [1.54, 1.807) is 27.7 Å². The first-order valence-corrected chi connectivity index (χ1v) is 36.7. The number of unbranched alkanes of at least 4 members (excludes halogenated alkanes) is 2. The number of hydrogen-bond donors (Lipinski definition) is 17. The molecule has 0 radical (unpaired) electrons. The molecule has 0 bridgehead atoms. The molecule has 88 heavy (non-hydrogen) atoms. The molecule has 0 aromatic heterocycles. The number of thioether (sulfide) groups is 1. The molecule has 2 fully saturated rings. The fourth-order valence-electron chi connectivity index (χ4n) is 9.36. The van der Waals surface area contributed by atoms with Crippen molar-refractivity contribution in [2.75, 3.05) is 57.4 Å². The molecule has 32 nitrogen and oxygen atoms in total. The standard InChI is InChI=1S/C51H94N11O21P3S2/c1-30(2)24-35(44(67)55-19-13-17-53-20-23-88-86(81,82)83)57-43(66)33(7)56-45(68)36(25-31(3)4)58-47(70)38(28-63)60-46(69)37(26-32(5)6)59-48(71)39-14-11-22-61(39)49(72)34(52)29-87-40-27-42(65)62(50(40)73)21-10-8-9-15-41(64)54-18-12-16-51(74,84(75,76)77)85(78,79)80/h30-40,53,63,74H,8-29,52H2,1-7H3,(H,54,64)(H,55,67)(H,56,68)(H,57,66)(H,58,70)(H,59,71)(H,60,69)(H2,75,76,77)(H2,78,79,80)(H2,81,82,83)/t33-,34-,35-,36-,37-,38-,39-,40?/m0/s1. The van der Waals surface area contributed by atoms with E-state index < -0.39 is 147 Å². The molecule has 2 saturated heterocycles. The van der Waals surface area contributed by atoms with Gasteiger partial charge in [-0.2, -0.15) is 0 Å². The second kappa shape index (κ2) is 38.0. The van der Waals surface area contributed by atoms with Crippen LogP contribution in [0.4, 0.5) is 0 Å². The Labute approximate surface area is 521 Å². The molecule has 2 heterocycles. The van der Waals surface area contributed by atoms with Crippen LogP contribution in [0.2, 0.25) is 0 Å². The molecule has 8 atom stereocenters. The number of nitrogens with zero attached hydrogens (tertiary/aromatic N) is 2. The summed E-state index contributed by atoms with van der Waals surface area (Å²) in [7, 11) is -11.3. The maximum Gasteiger partial charge on any atom is 0.384 e. The fraction of sp³-hybridized carbons (Fsp3) is 0.804. The number of aliphatic hydroxyl groups excluding tert-OH is 1. The number of amides is 10. The monoisotopic (exact) mass is 1350 g/mol. The van der Waals surface area contributed by atoms with Gasteiger partial charge < -0.3 is 92.7 Å². The Morgan fingerprint density at radius 2 is 1.19 bits per heavy atom. The van der Waals surface area contributed by atoms with E-state index in [-0.39, 0.29) is 100 Å². The molecule has 0 aromatic carbocycles. The first-order valence-electron chi connectivity index (χ1n) is 29.3. The van der Waals surface area contributed by atoms with E-state index in [9.17, 15) is 91.4 Å². The normalized spacial score (nSPS) is 17.9. The minimum Gasteiger partial charge on any atom is -0.394 e. The number of carbonyl (C=O) groups is 10. The molecule has 0 spiro atoms. The van der Waals surface area contributed by atoms with Crippen LogP contribution in [0, 0.1) is 17.8 Å². The number of likely N-dealkylation sites (tertiary alicyclic amines) is 2. The predicted molar refractivity (Wildman–Crippen MR) is 326 cm³/mol. The zero-order valence-electron chi connectivity index (χ0n) is 50.9. The van der Waals surface area contributed by atoms with Crippen LogP contribution in [0.5, 0.6) is 0 Å². The van der Waals surface area contributed by atoms with Crippen molar-refractivity contribution in [1.82, 2.24) is 52.3 Å². The van der Waals surface area contributed by atoms with E-state index in [0.717, 1.165) is 16.7 Å². The van der Waals surface area contributed by atoms with Crippen molar-refractivity contribution >= 4 is 104 Å². The highest BCUT2D eigenvalue weighted by Crippen LogP contribution is 2.69. The predicted octanol–water partition coefficient (Wildman–Crippen LogP) is -1.88. The van der Waals surface area contributed by atoms with Gasteiger partial charge in [-0.1, -0.05) is 48.0 Å². The van der Waals surface area contributed by atoms with E-state index in [2.05, 4.69) is 42.5 Å². The number of imide groups is 1. The van der Waals surface area contributed by atoms with Crippen molar-refractivity contribution < 1.29 is 101 Å². The molecular weight excluding hydrogens is 1260 g/mol. The third-order valence-electron chi connectivity index (χ3n) is 14.0. The number of carbonyl (C=O) groups excluding carboxylic acids is 10. The zero-order valence-corrected chi connectivity index (χ0v) is 55.2. The van der Waals surface area contributed by atoms with Crippen LogP contribution in [-0.4, -0.2) is 218 Å². The Hall–Kier alpha value is -4.11. The van der Waals surface area contributed by atoms with Gasteiger partial charge >= 0.3 is 22.0 Å². The van der Waals surface area contributed by atoms with Crippen molar-refractivity contribution in [3.05, 3.63) is 0 Å². The molecule has 1 unspecified atom stereocenters. The summed E-state index contributed by atoms with van der Waals surface area (Å²) in [4.78, 5) is 191. The van der Waals surface area contributed by atoms with Crippen LogP contribution in [0.3, 0.4) is 0 Å². The Kier molecular flexibility index (Phi) is 34.6. The molecule has 18 N–H and O–H groups in total. The number of rotatable bonds is 42. The lowest BCUT2D eigenvalue weighted by atomic mass is 10.0. The first kappa shape index (κ1) is 80.0. The maximum atomic E-state index is 13.9. The van der Waals surface area contributed by atoms with Crippen LogP contribution in [-0.2, 0) is 61.6 Å². The first-order chi connectivity index (χ1) is 40.8. The molecule has 37 heteroatoms. The van der Waals surface area contributed by atoms with Crippen molar-refractivity contribution in [2.45, 2.75) is 185 Å². The molecule has 0 saturated carbocycles. The van der Waals surface area contributed by atoms with Crippen LogP contribution in [0.15, 0.2) is 0 Å². The Balaban J connectivity index is 1.96. The molecule has 2 aliphatic rings. The topological polar surface area (TPSA) is 512 Å². The van der Waals surface area contributed by atoms with Crippen LogP contribution in [0.25, 0.3) is 0 Å². The molecule has 0 aliphatic carbocycles. The third kappa shape index (κ3) is 27.8. The summed E-state index contributed by atoms with van der Waals surface area (Å²) in [6.07, 6.45) is 1.03. The van der Waals surface area contributed by atoms with Gasteiger partial charge in [0.2, 0.25) is 59.1 Å². The summed E-state index contributed by atoms with van der Waals surface area (Å²) < 4.78 is 34.0. The van der Waals surface area contributed by atoms with Crippen LogP contribution in [0.1, 0.15) is 132 Å². The molecular formula is C51H94N11O21P3S2. The maximum absolute atomic E-state index is 13.9. The van der Waals surface area contributed by atoms with Gasteiger partial charge in [0.05, 0.1) is 17.9 Å². The van der Waals surface area contributed by atoms with E-state index in [1.165, 1.54) is 11.8 Å². The number of hydrogen-bond acceptors (Lipinski definition) is 19. The van der Waals surface area contributed by atoms with Crippen molar-refractivity contribution in [1.29, 1.82) is 0 Å². The highest BCUT2D eigenvalue weighted by atomic mass is 32.7. The minimum atomic E-state index is -5.63. The zero-order chi connectivity index (χ0) is 66.9. The highest BCUT2D eigenvalue weighted by molar-refractivity contribution is 8.54. The summed E-state index contributed by atoms with van der Waals surface area (Å²) >= 11 is 1.53. The van der Waals surface area contributed by atoms with Gasteiger partial charge in [0.1, 0.15) is 36.3 Å². The smallest absolute Gasteiger partial charge is 0.384 e. The quantitative estimate of drug-likeness (QED) is 0.0181. The van der Waals surface area contributed by atoms with Crippen molar-refractivity contribution in [3.63, 3.8) is 0 Å². The molecule has 10 amide bonds. The van der Waals surface area contributed by atoms with Gasteiger partial charge in [-0.3, -0.25) is 62.0 Å². The number of aliphatic hydroxyl groups is 2. The van der Waals surface area contributed by atoms with Gasteiger partial charge in [0.15, 0.2) is 0 Å². The Morgan fingerprint density at radius 1 is 0.659 bits per heavy atom. The van der Waals surface area contributed by atoms with E-state index >= 15 is 0 Å². The summed E-state index contributed by atoms with van der Waals surface area (Å²) in [6, 6.07) is -8.57. The molecule has 2 aliphatic heterocycles. The number of nitrogens with two attached hydrogens (primary N) is 1. The van der Waals surface area contributed by atoms with E-state index in [4.69, 9.17) is 15.5 Å². The van der Waals surface area contributed by atoms with Gasteiger partial charge in [-0.05, 0) is 100 Å². The minimum absolute atomic E-state index is 0.0178. The van der Waals surface area contributed by atoms with E-state index in [1.807, 2.05) is 13.8 Å². The summed E-state index contributed by atoms with van der Waals surface area (Å²) in [5.74, 6) is -6.77. The van der Waals surface area contributed by atoms with Crippen LogP contribution < -0.4 is 48.3 Å². The summed E-state index contributed by atoms with van der Waals surface area (Å²) in [5.41, 5.74) is 6.33. The Bertz CT molecular complexity index is 2500. The second-order valence-electron chi connectivity index (χ2n) is 23.1.